The number of hydrogen-bond acceptors (Lipinski definition) is 6. The van der Waals surface area contributed by atoms with Gasteiger partial charge in [0.2, 0.25) is 0 Å². The summed E-state index contributed by atoms with van der Waals surface area (Å²) in [5.74, 6) is 0.472. The van der Waals surface area contributed by atoms with Gasteiger partial charge in [0.05, 0.1) is 25.5 Å². The van der Waals surface area contributed by atoms with Gasteiger partial charge in [0, 0.05) is 25.8 Å². The van der Waals surface area contributed by atoms with Crippen molar-refractivity contribution in [3.05, 3.63) is 58.8 Å². The lowest BCUT2D eigenvalue weighted by molar-refractivity contribution is -0.137. The van der Waals surface area contributed by atoms with Gasteiger partial charge in [0.15, 0.2) is 0 Å². The van der Waals surface area contributed by atoms with Crippen LogP contribution in [-0.2, 0) is 14.3 Å². The second-order valence-corrected chi connectivity index (χ2v) is 8.32. The van der Waals surface area contributed by atoms with Crippen molar-refractivity contribution in [1.82, 2.24) is 4.90 Å². The zero-order valence-corrected chi connectivity index (χ0v) is 20.7. The number of nitrogens with zero attached hydrogens (tertiary/aromatic N) is 1. The Labute approximate surface area is 201 Å². The van der Waals surface area contributed by atoms with Crippen molar-refractivity contribution >= 4 is 23.1 Å². The number of ether oxygens (including phenoxy) is 3. The molecule has 7 heteroatoms. The maximum Gasteiger partial charge on any atom is 0.278 e. The van der Waals surface area contributed by atoms with Gasteiger partial charge in [-0.05, 0) is 55.5 Å². The third kappa shape index (κ3) is 5.59. The van der Waals surface area contributed by atoms with Crippen LogP contribution in [0.5, 0.6) is 11.5 Å². The molecule has 2 aromatic carbocycles. The van der Waals surface area contributed by atoms with Crippen molar-refractivity contribution in [3.8, 4) is 11.5 Å². The molecule has 2 aromatic rings. The summed E-state index contributed by atoms with van der Waals surface area (Å²) < 4.78 is 16.4. The standard InChI is InChI=1S/C27H34N2O5/c1-6-7-14-34-15-8-13-29-26(30)24(20-10-9-18(2)19(3)16-20)25(27(29)31)28-22-12-11-21(32-4)17-23(22)33-5/h9-12,16-17,28H,6-8,13-15H2,1-5H3. The quantitative estimate of drug-likeness (QED) is 0.360. The molecular weight excluding hydrogens is 432 g/mol. The topological polar surface area (TPSA) is 77.1 Å². The van der Waals surface area contributed by atoms with E-state index >= 15 is 0 Å². The van der Waals surface area contributed by atoms with E-state index in [0.717, 1.165) is 24.0 Å². The zero-order chi connectivity index (χ0) is 24.7. The number of imide groups is 1. The fourth-order valence-corrected chi connectivity index (χ4v) is 3.77. The van der Waals surface area contributed by atoms with Gasteiger partial charge >= 0.3 is 0 Å². The van der Waals surface area contributed by atoms with Gasteiger partial charge in [-0.15, -0.1) is 0 Å². The minimum Gasteiger partial charge on any atom is -0.497 e. The van der Waals surface area contributed by atoms with E-state index in [1.807, 2.05) is 32.0 Å². The van der Waals surface area contributed by atoms with E-state index in [2.05, 4.69) is 12.2 Å². The highest BCUT2D eigenvalue weighted by Gasteiger charge is 2.39. The molecule has 1 N–H and O–H groups in total. The normalized spacial score (nSPS) is 13.6. The number of methoxy groups -OCH3 is 2. The first-order valence-electron chi connectivity index (χ1n) is 11.7. The first-order valence-corrected chi connectivity index (χ1v) is 11.7. The number of carbonyl (C=O) groups excluding carboxylic acids is 2. The summed E-state index contributed by atoms with van der Waals surface area (Å²) in [7, 11) is 3.12. The SMILES string of the molecule is CCCCOCCCN1C(=O)C(Nc2ccc(OC)cc2OC)=C(c2ccc(C)c(C)c2)C1=O. The average molecular weight is 467 g/mol. The van der Waals surface area contributed by atoms with E-state index in [1.165, 1.54) is 4.90 Å². The first-order chi connectivity index (χ1) is 16.4. The van der Waals surface area contributed by atoms with Crippen molar-refractivity contribution < 1.29 is 23.8 Å². The van der Waals surface area contributed by atoms with Crippen molar-refractivity contribution in [2.75, 3.05) is 39.3 Å². The molecule has 0 bridgehead atoms. The number of rotatable bonds is 12. The predicted octanol–water partition coefficient (Wildman–Crippen LogP) is 4.72. The van der Waals surface area contributed by atoms with E-state index in [9.17, 15) is 9.59 Å². The van der Waals surface area contributed by atoms with Gasteiger partial charge in [0.25, 0.3) is 11.8 Å². The first kappa shape index (κ1) is 25.3. The predicted molar refractivity (Wildman–Crippen MR) is 133 cm³/mol. The molecule has 0 fully saturated rings. The lowest BCUT2D eigenvalue weighted by Crippen LogP contribution is -2.34. The van der Waals surface area contributed by atoms with Gasteiger partial charge in [-0.3, -0.25) is 14.5 Å². The molecule has 0 aromatic heterocycles. The second-order valence-electron chi connectivity index (χ2n) is 8.32. The minimum atomic E-state index is -0.357. The molecule has 0 radical (unpaired) electrons. The Morgan fingerprint density at radius 2 is 1.65 bits per heavy atom. The van der Waals surface area contributed by atoms with E-state index < -0.39 is 0 Å². The van der Waals surface area contributed by atoms with Crippen LogP contribution in [0.15, 0.2) is 42.1 Å². The van der Waals surface area contributed by atoms with Crippen molar-refractivity contribution in [2.45, 2.75) is 40.0 Å². The third-order valence-electron chi connectivity index (χ3n) is 5.94. The molecule has 2 amide bonds. The van der Waals surface area contributed by atoms with Crippen LogP contribution in [0, 0.1) is 13.8 Å². The highest BCUT2D eigenvalue weighted by atomic mass is 16.5. The Bertz CT molecular complexity index is 1080. The molecule has 3 rings (SSSR count). The summed E-state index contributed by atoms with van der Waals surface area (Å²) in [6.07, 6.45) is 2.65. The van der Waals surface area contributed by atoms with Crippen LogP contribution >= 0.6 is 0 Å². The van der Waals surface area contributed by atoms with Gasteiger partial charge < -0.3 is 19.5 Å². The van der Waals surface area contributed by atoms with E-state index in [4.69, 9.17) is 14.2 Å². The Morgan fingerprint density at radius 1 is 0.882 bits per heavy atom. The molecule has 0 spiro atoms. The molecular formula is C27H34N2O5. The van der Waals surface area contributed by atoms with Crippen molar-refractivity contribution in [2.24, 2.45) is 0 Å². The highest BCUT2D eigenvalue weighted by molar-refractivity contribution is 6.36. The lowest BCUT2D eigenvalue weighted by atomic mass is 9.99. The minimum absolute atomic E-state index is 0.239. The molecule has 1 aliphatic heterocycles. The number of nitrogens with one attached hydrogen (secondary N) is 1. The number of aryl methyl sites for hydroxylation is 2. The molecule has 34 heavy (non-hydrogen) atoms. The molecule has 7 nitrogen and oxygen atoms in total. The molecule has 1 heterocycles. The molecule has 0 atom stereocenters. The monoisotopic (exact) mass is 466 g/mol. The Hall–Kier alpha value is -3.32. The smallest absolute Gasteiger partial charge is 0.278 e. The fourth-order valence-electron chi connectivity index (χ4n) is 3.77. The van der Waals surface area contributed by atoms with Crippen LogP contribution in [0.4, 0.5) is 5.69 Å². The number of hydrogen-bond donors (Lipinski definition) is 1. The van der Waals surface area contributed by atoms with Crippen LogP contribution in [0.3, 0.4) is 0 Å². The van der Waals surface area contributed by atoms with E-state index in [1.54, 1.807) is 32.4 Å². The summed E-state index contributed by atoms with van der Waals surface area (Å²) in [5.41, 5.74) is 4.05. The Kier molecular flexibility index (Phi) is 8.71. The number of carbonyl (C=O) groups is 2. The number of benzene rings is 2. The molecule has 1 aliphatic rings. The average Bonchev–Trinajstić information content (AvgIpc) is 3.07. The fraction of sp³-hybridized carbons (Fsp3) is 0.407. The van der Waals surface area contributed by atoms with Gasteiger partial charge in [0.1, 0.15) is 17.2 Å². The maximum absolute atomic E-state index is 13.4. The number of anilines is 1. The van der Waals surface area contributed by atoms with E-state index in [-0.39, 0.29) is 17.5 Å². The maximum atomic E-state index is 13.4. The molecule has 182 valence electrons. The van der Waals surface area contributed by atoms with Crippen LogP contribution in [0.1, 0.15) is 42.9 Å². The summed E-state index contributed by atoms with van der Waals surface area (Å²) in [5, 5.41) is 3.18. The van der Waals surface area contributed by atoms with Gasteiger partial charge in [-0.25, -0.2) is 0 Å². The highest BCUT2D eigenvalue weighted by Crippen LogP contribution is 2.35. The van der Waals surface area contributed by atoms with E-state index in [0.29, 0.717) is 54.5 Å². The molecule has 0 aliphatic carbocycles. The van der Waals surface area contributed by atoms with Crippen molar-refractivity contribution in [3.63, 3.8) is 0 Å². The third-order valence-corrected chi connectivity index (χ3v) is 5.94. The van der Waals surface area contributed by atoms with Crippen LogP contribution < -0.4 is 14.8 Å². The molecule has 0 saturated heterocycles. The summed E-state index contributed by atoms with van der Waals surface area (Å²) in [6, 6.07) is 11.1. The number of amides is 2. The largest absolute Gasteiger partial charge is 0.497 e. The summed E-state index contributed by atoms with van der Waals surface area (Å²) in [4.78, 5) is 28.2. The van der Waals surface area contributed by atoms with Crippen LogP contribution in [-0.4, -0.2) is 50.7 Å². The Balaban J connectivity index is 1.92. The van der Waals surface area contributed by atoms with Crippen LogP contribution in [0.25, 0.3) is 5.57 Å². The second kappa shape index (κ2) is 11.7. The summed E-state index contributed by atoms with van der Waals surface area (Å²) >= 11 is 0. The lowest BCUT2D eigenvalue weighted by Gasteiger charge is -2.16. The van der Waals surface area contributed by atoms with Gasteiger partial charge in [-0.1, -0.05) is 31.5 Å². The Morgan fingerprint density at radius 3 is 2.32 bits per heavy atom. The van der Waals surface area contributed by atoms with Gasteiger partial charge in [-0.2, -0.15) is 0 Å². The molecule has 0 unspecified atom stereocenters. The van der Waals surface area contributed by atoms with Crippen molar-refractivity contribution in [1.29, 1.82) is 0 Å². The summed E-state index contributed by atoms with van der Waals surface area (Å²) in [6.45, 7) is 7.60. The molecule has 0 saturated carbocycles. The zero-order valence-electron chi connectivity index (χ0n) is 20.7. The number of unbranched alkanes of at least 4 members (excludes halogenated alkanes) is 1. The van der Waals surface area contributed by atoms with Crippen LogP contribution in [0.2, 0.25) is 0 Å².